The number of rotatable bonds is 2. The van der Waals surface area contributed by atoms with Crippen molar-refractivity contribution < 1.29 is 4.79 Å². The van der Waals surface area contributed by atoms with Crippen LogP contribution in [0, 0.1) is 0 Å². The van der Waals surface area contributed by atoms with E-state index in [0.29, 0.717) is 16.6 Å². The van der Waals surface area contributed by atoms with E-state index >= 15 is 0 Å². The fraction of sp³-hybridized carbons (Fsp3) is 0.429. The van der Waals surface area contributed by atoms with E-state index in [1.165, 1.54) is 24.2 Å². The number of nitrogens with two attached hydrogens (primary N) is 1. The van der Waals surface area contributed by atoms with Gasteiger partial charge in [0, 0.05) is 18.5 Å². The van der Waals surface area contributed by atoms with Crippen LogP contribution in [0.1, 0.15) is 40.7 Å². The van der Waals surface area contributed by atoms with Gasteiger partial charge in [-0.05, 0) is 31.5 Å². The molecule has 0 bridgehead atoms. The topological polar surface area (TPSA) is 80.0 Å². The van der Waals surface area contributed by atoms with Crippen molar-refractivity contribution in [1.29, 1.82) is 0 Å². The van der Waals surface area contributed by atoms with Crippen molar-refractivity contribution in [3.63, 3.8) is 0 Å². The van der Waals surface area contributed by atoms with E-state index in [1.54, 1.807) is 7.05 Å². The summed E-state index contributed by atoms with van der Waals surface area (Å²) in [5.41, 5.74) is 7.61. The Morgan fingerprint density at radius 3 is 3.05 bits per heavy atom. The van der Waals surface area contributed by atoms with Crippen LogP contribution in [0.25, 0.3) is 10.2 Å². The van der Waals surface area contributed by atoms with Gasteiger partial charge in [-0.15, -0.1) is 11.3 Å². The number of hydrogen-bond donors (Lipinski definition) is 3. The molecule has 20 heavy (non-hydrogen) atoms. The van der Waals surface area contributed by atoms with Crippen molar-refractivity contribution in [2.24, 2.45) is 0 Å². The Morgan fingerprint density at radius 2 is 2.35 bits per heavy atom. The lowest BCUT2D eigenvalue weighted by molar-refractivity contribution is 0.0968. The average molecular weight is 290 g/mol. The van der Waals surface area contributed by atoms with Crippen LogP contribution in [0.15, 0.2) is 12.1 Å². The molecule has 1 fully saturated rings. The quantitative estimate of drug-likeness (QED) is 0.791. The maximum atomic E-state index is 11.8. The van der Waals surface area contributed by atoms with Gasteiger partial charge in [-0.2, -0.15) is 0 Å². The van der Waals surface area contributed by atoms with Crippen LogP contribution >= 0.6 is 11.3 Å². The van der Waals surface area contributed by atoms with Crippen molar-refractivity contribution in [2.75, 3.05) is 19.3 Å². The summed E-state index contributed by atoms with van der Waals surface area (Å²) in [6, 6.07) is 4.31. The summed E-state index contributed by atoms with van der Waals surface area (Å²) in [4.78, 5) is 17.8. The molecule has 0 radical (unpaired) electrons. The van der Waals surface area contributed by atoms with Crippen LogP contribution in [-0.4, -0.2) is 24.5 Å². The molecule has 1 atom stereocenters. The summed E-state index contributed by atoms with van der Waals surface area (Å²) >= 11 is 1.36. The molecule has 0 saturated carbocycles. The van der Waals surface area contributed by atoms with Gasteiger partial charge in [0.15, 0.2) is 0 Å². The first-order valence-electron chi connectivity index (χ1n) is 6.85. The summed E-state index contributed by atoms with van der Waals surface area (Å²) < 4.78 is 0. The van der Waals surface area contributed by atoms with E-state index < -0.39 is 0 Å². The van der Waals surface area contributed by atoms with Crippen LogP contribution in [0.5, 0.6) is 0 Å². The summed E-state index contributed by atoms with van der Waals surface area (Å²) in [6.45, 7) is 1.04. The van der Waals surface area contributed by atoms with E-state index in [1.807, 2.05) is 12.1 Å². The Bertz CT molecular complexity index is 646. The highest BCUT2D eigenvalue weighted by molar-refractivity contribution is 7.21. The Hall–Kier alpha value is -1.66. The maximum Gasteiger partial charge on any atom is 0.263 e. The third kappa shape index (κ3) is 2.25. The van der Waals surface area contributed by atoms with Crippen LogP contribution in [0.4, 0.5) is 5.69 Å². The number of nitrogen functional groups attached to an aromatic ring is 1. The minimum Gasteiger partial charge on any atom is -0.397 e. The Labute approximate surface area is 121 Å². The summed E-state index contributed by atoms with van der Waals surface area (Å²) in [5.74, 6) is -0.150. The first-order chi connectivity index (χ1) is 9.70. The van der Waals surface area contributed by atoms with E-state index in [-0.39, 0.29) is 5.91 Å². The van der Waals surface area contributed by atoms with Crippen LogP contribution in [-0.2, 0) is 0 Å². The van der Waals surface area contributed by atoms with Gasteiger partial charge in [-0.25, -0.2) is 4.98 Å². The SMILES string of the molecule is CNC(=O)c1sc2nc(C3CCCCN3)ccc2c1N. The number of hydrogen-bond acceptors (Lipinski definition) is 5. The number of pyridine rings is 1. The number of fused-ring (bicyclic) bond motifs is 1. The molecule has 3 rings (SSSR count). The molecule has 0 spiro atoms. The number of carbonyl (C=O) groups is 1. The van der Waals surface area contributed by atoms with Crippen molar-refractivity contribution in [3.8, 4) is 0 Å². The molecule has 5 nitrogen and oxygen atoms in total. The minimum atomic E-state index is -0.150. The molecule has 0 aliphatic carbocycles. The molecule has 2 aromatic heterocycles. The van der Waals surface area contributed by atoms with Crippen molar-refractivity contribution in [2.45, 2.75) is 25.3 Å². The zero-order valence-electron chi connectivity index (χ0n) is 11.4. The number of piperidine rings is 1. The molecule has 3 heterocycles. The van der Waals surface area contributed by atoms with Gasteiger partial charge in [0.05, 0.1) is 11.4 Å². The third-order valence-corrected chi connectivity index (χ3v) is 4.83. The molecule has 1 aliphatic heterocycles. The Kier molecular flexibility index (Phi) is 3.58. The van der Waals surface area contributed by atoms with E-state index in [9.17, 15) is 4.79 Å². The fourth-order valence-electron chi connectivity index (χ4n) is 2.59. The lowest BCUT2D eigenvalue weighted by Gasteiger charge is -2.22. The summed E-state index contributed by atoms with van der Waals surface area (Å²) in [6.07, 6.45) is 3.57. The van der Waals surface area contributed by atoms with Crippen LogP contribution in [0.2, 0.25) is 0 Å². The molecule has 1 aliphatic rings. The van der Waals surface area contributed by atoms with Crippen LogP contribution < -0.4 is 16.4 Å². The monoisotopic (exact) mass is 290 g/mol. The first-order valence-corrected chi connectivity index (χ1v) is 7.66. The molecular weight excluding hydrogens is 272 g/mol. The second kappa shape index (κ2) is 5.38. The van der Waals surface area contributed by atoms with Gasteiger partial charge >= 0.3 is 0 Å². The lowest BCUT2D eigenvalue weighted by atomic mass is 10.0. The molecule has 4 N–H and O–H groups in total. The fourth-order valence-corrected chi connectivity index (χ4v) is 3.64. The predicted octanol–water partition coefficient (Wildman–Crippen LogP) is 2.05. The second-order valence-corrected chi connectivity index (χ2v) is 6.01. The van der Waals surface area contributed by atoms with Crippen molar-refractivity contribution in [3.05, 3.63) is 22.7 Å². The van der Waals surface area contributed by atoms with E-state index in [0.717, 1.165) is 28.9 Å². The van der Waals surface area contributed by atoms with Crippen molar-refractivity contribution in [1.82, 2.24) is 15.6 Å². The number of anilines is 1. The summed E-state index contributed by atoms with van der Waals surface area (Å²) in [7, 11) is 1.61. The molecular formula is C14H18N4OS. The molecule has 0 aromatic carbocycles. The van der Waals surface area contributed by atoms with Gasteiger partial charge in [-0.3, -0.25) is 4.79 Å². The van der Waals surface area contributed by atoms with Crippen LogP contribution in [0.3, 0.4) is 0 Å². The number of carbonyl (C=O) groups excluding carboxylic acids is 1. The highest BCUT2D eigenvalue weighted by Crippen LogP contribution is 2.34. The number of amides is 1. The first kappa shape index (κ1) is 13.3. The van der Waals surface area contributed by atoms with Gasteiger partial charge in [0.1, 0.15) is 9.71 Å². The van der Waals surface area contributed by atoms with E-state index in [4.69, 9.17) is 10.7 Å². The molecule has 1 unspecified atom stereocenters. The van der Waals surface area contributed by atoms with Gasteiger partial charge in [-0.1, -0.05) is 6.42 Å². The smallest absolute Gasteiger partial charge is 0.263 e. The van der Waals surface area contributed by atoms with Gasteiger partial charge in [0.2, 0.25) is 0 Å². The highest BCUT2D eigenvalue weighted by Gasteiger charge is 2.20. The molecule has 6 heteroatoms. The molecule has 2 aromatic rings. The Balaban J connectivity index is 2.00. The molecule has 1 amide bonds. The maximum absolute atomic E-state index is 11.8. The highest BCUT2D eigenvalue weighted by atomic mass is 32.1. The predicted molar refractivity (Wildman–Crippen MR) is 82.0 cm³/mol. The molecule has 106 valence electrons. The number of nitrogens with one attached hydrogen (secondary N) is 2. The number of nitrogens with zero attached hydrogens (tertiary/aromatic N) is 1. The van der Waals surface area contributed by atoms with E-state index in [2.05, 4.69) is 10.6 Å². The molecule has 1 saturated heterocycles. The normalized spacial score (nSPS) is 19.1. The van der Waals surface area contributed by atoms with Gasteiger partial charge < -0.3 is 16.4 Å². The number of aromatic nitrogens is 1. The largest absolute Gasteiger partial charge is 0.397 e. The standard InChI is InChI=1S/C14H18N4OS/c1-16-13(19)12-11(15)8-5-6-10(18-14(8)20-12)9-4-2-3-7-17-9/h5-6,9,17H,2-4,7,15H2,1H3,(H,16,19). The summed E-state index contributed by atoms with van der Waals surface area (Å²) in [5, 5.41) is 6.97. The third-order valence-electron chi connectivity index (χ3n) is 3.72. The zero-order valence-corrected chi connectivity index (χ0v) is 12.2. The lowest BCUT2D eigenvalue weighted by Crippen LogP contribution is -2.27. The average Bonchev–Trinajstić information content (AvgIpc) is 2.84. The number of thiophene rings is 1. The zero-order chi connectivity index (χ0) is 14.1. The van der Waals surface area contributed by atoms with Crippen molar-refractivity contribution >= 4 is 33.1 Å². The second-order valence-electron chi connectivity index (χ2n) is 5.02. The Morgan fingerprint density at radius 1 is 1.50 bits per heavy atom. The minimum absolute atomic E-state index is 0.150. The van der Waals surface area contributed by atoms with Gasteiger partial charge in [0.25, 0.3) is 5.91 Å².